The van der Waals surface area contributed by atoms with E-state index in [1.165, 1.54) is 25.7 Å². The maximum Gasteiger partial charge on any atom is 0.0729 e. The zero-order valence-corrected chi connectivity index (χ0v) is 7.37. The summed E-state index contributed by atoms with van der Waals surface area (Å²) in [7, 11) is 0. The lowest BCUT2D eigenvalue weighted by atomic mass is 9.73. The van der Waals surface area contributed by atoms with E-state index in [9.17, 15) is 5.11 Å². The van der Waals surface area contributed by atoms with Gasteiger partial charge in [-0.05, 0) is 42.9 Å². The number of hydrogen-bond acceptors (Lipinski definition) is 1. The summed E-state index contributed by atoms with van der Waals surface area (Å²) in [5.41, 5.74) is 0.447. The van der Waals surface area contributed by atoms with Gasteiger partial charge in [-0.3, -0.25) is 0 Å². The third-order valence-electron chi connectivity index (χ3n) is 4.26. The van der Waals surface area contributed by atoms with Crippen LogP contribution in [0.5, 0.6) is 0 Å². The molecule has 3 aliphatic carbocycles. The zero-order valence-electron chi connectivity index (χ0n) is 7.37. The quantitative estimate of drug-likeness (QED) is 0.544. The number of hydrogen-bond donors (Lipinski definition) is 1. The fraction of sp³-hybridized carbons (Fsp3) is 0.818. The molecule has 0 aromatic rings. The first-order chi connectivity index (χ1) is 5.78. The van der Waals surface area contributed by atoms with Gasteiger partial charge in [0.15, 0.2) is 0 Å². The molecule has 0 saturated heterocycles. The van der Waals surface area contributed by atoms with Crippen LogP contribution in [0.1, 0.15) is 32.1 Å². The molecule has 12 heavy (non-hydrogen) atoms. The van der Waals surface area contributed by atoms with Gasteiger partial charge in [-0.15, -0.1) is 0 Å². The Balaban J connectivity index is 1.89. The van der Waals surface area contributed by atoms with E-state index in [4.69, 9.17) is 0 Å². The van der Waals surface area contributed by atoms with E-state index < -0.39 is 0 Å². The zero-order chi connectivity index (χ0) is 8.18. The summed E-state index contributed by atoms with van der Waals surface area (Å²) in [6, 6.07) is 0. The number of aliphatic hydroxyl groups is 1. The molecule has 0 aromatic heterocycles. The van der Waals surface area contributed by atoms with Gasteiger partial charge < -0.3 is 5.11 Å². The standard InChI is InChI=1S/C11H16O/c12-10-3-4-11(7-10)6-8-1-2-9(11)5-8/h3-4,8-10,12H,1-2,5-7H2/t8-,9+,10-,11-/m0/s1. The summed E-state index contributed by atoms with van der Waals surface area (Å²) in [5, 5.41) is 9.50. The van der Waals surface area contributed by atoms with Crippen molar-refractivity contribution in [2.75, 3.05) is 0 Å². The van der Waals surface area contributed by atoms with Gasteiger partial charge in [0.05, 0.1) is 6.10 Å². The van der Waals surface area contributed by atoms with Gasteiger partial charge in [-0.25, -0.2) is 0 Å². The van der Waals surface area contributed by atoms with Crippen LogP contribution in [0.2, 0.25) is 0 Å². The molecule has 0 heterocycles. The molecule has 0 aromatic carbocycles. The van der Waals surface area contributed by atoms with Crippen molar-refractivity contribution in [2.24, 2.45) is 17.3 Å². The van der Waals surface area contributed by atoms with Crippen LogP contribution in [0.25, 0.3) is 0 Å². The molecule has 2 bridgehead atoms. The van der Waals surface area contributed by atoms with Gasteiger partial charge in [0, 0.05) is 0 Å². The Labute approximate surface area is 73.5 Å². The Morgan fingerprint density at radius 2 is 2.17 bits per heavy atom. The Hall–Kier alpha value is -0.300. The molecule has 1 N–H and O–H groups in total. The van der Waals surface area contributed by atoms with Gasteiger partial charge in [0.2, 0.25) is 0 Å². The summed E-state index contributed by atoms with van der Waals surface area (Å²) < 4.78 is 0. The number of allylic oxidation sites excluding steroid dienone is 1. The molecule has 1 nitrogen and oxygen atoms in total. The van der Waals surface area contributed by atoms with Crippen LogP contribution in [0.3, 0.4) is 0 Å². The van der Waals surface area contributed by atoms with Crippen LogP contribution < -0.4 is 0 Å². The maximum absolute atomic E-state index is 9.50. The minimum Gasteiger partial charge on any atom is -0.389 e. The fourth-order valence-corrected chi connectivity index (χ4v) is 3.77. The molecule has 1 heteroatoms. The van der Waals surface area contributed by atoms with Crippen molar-refractivity contribution in [3.8, 4) is 0 Å². The molecule has 3 aliphatic rings. The first-order valence-corrected chi connectivity index (χ1v) is 5.16. The van der Waals surface area contributed by atoms with E-state index in [1.807, 2.05) is 6.08 Å². The van der Waals surface area contributed by atoms with Crippen LogP contribution in [0.15, 0.2) is 12.2 Å². The molecular weight excluding hydrogens is 148 g/mol. The lowest BCUT2D eigenvalue weighted by molar-refractivity contribution is 0.140. The van der Waals surface area contributed by atoms with Crippen LogP contribution >= 0.6 is 0 Å². The third kappa shape index (κ3) is 0.779. The normalized spacial score (nSPS) is 55.9. The van der Waals surface area contributed by atoms with E-state index in [0.29, 0.717) is 5.41 Å². The second kappa shape index (κ2) is 2.14. The molecule has 66 valence electrons. The second-order valence-corrected chi connectivity index (χ2v) is 4.94. The molecule has 0 amide bonds. The molecule has 4 atom stereocenters. The van der Waals surface area contributed by atoms with Crippen molar-refractivity contribution in [3.05, 3.63) is 12.2 Å². The lowest BCUT2D eigenvalue weighted by Crippen LogP contribution is -2.25. The van der Waals surface area contributed by atoms with E-state index in [2.05, 4.69) is 6.08 Å². The highest BCUT2D eigenvalue weighted by atomic mass is 16.3. The van der Waals surface area contributed by atoms with Crippen molar-refractivity contribution in [2.45, 2.75) is 38.2 Å². The number of aliphatic hydroxyl groups excluding tert-OH is 1. The molecule has 2 saturated carbocycles. The SMILES string of the molecule is O[C@H]1C=C[C@]2(C[C@H]3CC[C@@H]2C3)C1. The molecule has 3 rings (SSSR count). The van der Waals surface area contributed by atoms with Crippen LogP contribution in [0.4, 0.5) is 0 Å². The molecular formula is C11H16O. The Kier molecular flexibility index (Phi) is 1.27. The Bertz CT molecular complexity index is 233. The lowest BCUT2D eigenvalue weighted by Gasteiger charge is -2.32. The van der Waals surface area contributed by atoms with E-state index in [-0.39, 0.29) is 6.10 Å². The van der Waals surface area contributed by atoms with Gasteiger partial charge in [-0.2, -0.15) is 0 Å². The van der Waals surface area contributed by atoms with Crippen LogP contribution in [-0.4, -0.2) is 11.2 Å². The fourth-order valence-electron chi connectivity index (χ4n) is 3.77. The summed E-state index contributed by atoms with van der Waals surface area (Å²) in [5.74, 6) is 1.90. The third-order valence-corrected chi connectivity index (χ3v) is 4.26. The van der Waals surface area contributed by atoms with E-state index >= 15 is 0 Å². The first kappa shape index (κ1) is 7.14. The minimum atomic E-state index is -0.135. The summed E-state index contributed by atoms with van der Waals surface area (Å²) >= 11 is 0. The molecule has 1 spiro atoms. The summed E-state index contributed by atoms with van der Waals surface area (Å²) in [6.45, 7) is 0. The van der Waals surface area contributed by atoms with Gasteiger partial charge >= 0.3 is 0 Å². The summed E-state index contributed by atoms with van der Waals surface area (Å²) in [6.07, 6.45) is 10.9. The topological polar surface area (TPSA) is 20.2 Å². The molecule has 2 fully saturated rings. The van der Waals surface area contributed by atoms with Crippen molar-refractivity contribution < 1.29 is 5.11 Å². The monoisotopic (exact) mass is 164 g/mol. The van der Waals surface area contributed by atoms with Gasteiger partial charge in [-0.1, -0.05) is 18.6 Å². The number of fused-ring (bicyclic) bond motifs is 3. The van der Waals surface area contributed by atoms with Gasteiger partial charge in [0.1, 0.15) is 0 Å². The van der Waals surface area contributed by atoms with Crippen LogP contribution in [0, 0.1) is 17.3 Å². The van der Waals surface area contributed by atoms with E-state index in [1.54, 1.807) is 0 Å². The number of rotatable bonds is 0. The van der Waals surface area contributed by atoms with Crippen LogP contribution in [-0.2, 0) is 0 Å². The molecule has 0 unspecified atom stereocenters. The Morgan fingerprint density at radius 3 is 2.67 bits per heavy atom. The predicted octanol–water partition coefficient (Wildman–Crippen LogP) is 2.11. The largest absolute Gasteiger partial charge is 0.389 e. The maximum atomic E-state index is 9.50. The van der Waals surface area contributed by atoms with Crippen molar-refractivity contribution >= 4 is 0 Å². The average Bonchev–Trinajstić information content (AvgIpc) is 2.67. The Morgan fingerprint density at radius 1 is 1.25 bits per heavy atom. The van der Waals surface area contributed by atoms with E-state index in [0.717, 1.165) is 18.3 Å². The highest BCUT2D eigenvalue weighted by Gasteiger charge is 2.51. The molecule has 0 aliphatic heterocycles. The second-order valence-electron chi connectivity index (χ2n) is 4.94. The average molecular weight is 164 g/mol. The predicted molar refractivity (Wildman–Crippen MR) is 47.6 cm³/mol. The smallest absolute Gasteiger partial charge is 0.0729 e. The van der Waals surface area contributed by atoms with Gasteiger partial charge in [0.25, 0.3) is 0 Å². The summed E-state index contributed by atoms with van der Waals surface area (Å²) in [4.78, 5) is 0. The minimum absolute atomic E-state index is 0.135. The van der Waals surface area contributed by atoms with Crippen molar-refractivity contribution in [3.63, 3.8) is 0 Å². The molecule has 0 radical (unpaired) electrons. The highest BCUT2D eigenvalue weighted by Crippen LogP contribution is 2.60. The van der Waals surface area contributed by atoms with Crippen molar-refractivity contribution in [1.29, 1.82) is 0 Å². The highest BCUT2D eigenvalue weighted by molar-refractivity contribution is 5.18. The van der Waals surface area contributed by atoms with Crippen molar-refractivity contribution in [1.82, 2.24) is 0 Å². The first-order valence-electron chi connectivity index (χ1n) is 5.16.